The molecule has 0 spiro atoms. The highest BCUT2D eigenvalue weighted by atomic mass is 35.5. The number of ether oxygens (including phenoxy) is 1. The molecule has 1 fully saturated rings. The summed E-state index contributed by atoms with van der Waals surface area (Å²) in [7, 11) is -3.52. The van der Waals surface area contributed by atoms with Gasteiger partial charge in [0.25, 0.3) is 0 Å². The monoisotopic (exact) mass is 406 g/mol. The molecule has 1 N–H and O–H groups in total. The Morgan fingerprint density at radius 1 is 1.04 bits per heavy atom. The van der Waals surface area contributed by atoms with Crippen LogP contribution in [0.15, 0.2) is 59.5 Å². The smallest absolute Gasteiger partial charge is 0.248 e. The topological polar surface area (TPSA) is 75.7 Å². The van der Waals surface area contributed by atoms with E-state index in [0.717, 1.165) is 5.56 Å². The maximum atomic E-state index is 12.6. The second-order valence-corrected chi connectivity index (χ2v) is 8.29. The highest BCUT2D eigenvalue weighted by Gasteiger charge is 2.25. The lowest BCUT2D eigenvalue weighted by Crippen LogP contribution is -2.40. The second-order valence-electron chi connectivity index (χ2n) is 5.91. The molecule has 8 heteroatoms. The number of morpholine rings is 1. The van der Waals surface area contributed by atoms with Crippen LogP contribution >= 0.6 is 11.6 Å². The van der Waals surface area contributed by atoms with Crippen molar-refractivity contribution in [3.63, 3.8) is 0 Å². The van der Waals surface area contributed by atoms with Crippen LogP contribution in [0.2, 0.25) is 5.02 Å². The Morgan fingerprint density at radius 3 is 2.30 bits per heavy atom. The lowest BCUT2D eigenvalue weighted by Gasteiger charge is -2.26. The highest BCUT2D eigenvalue weighted by Crippen LogP contribution is 2.18. The van der Waals surface area contributed by atoms with Crippen LogP contribution in [0.3, 0.4) is 0 Å². The van der Waals surface area contributed by atoms with Crippen LogP contribution in [0.4, 0.5) is 5.69 Å². The normalized spacial score (nSPS) is 15.7. The Kier molecular flexibility index (Phi) is 6.28. The quantitative estimate of drug-likeness (QED) is 0.774. The van der Waals surface area contributed by atoms with E-state index < -0.39 is 10.0 Å². The fraction of sp³-hybridized carbons (Fsp3) is 0.211. The van der Waals surface area contributed by atoms with Gasteiger partial charge in [-0.1, -0.05) is 23.7 Å². The van der Waals surface area contributed by atoms with E-state index >= 15 is 0 Å². The lowest BCUT2D eigenvalue weighted by molar-refractivity contribution is -0.111. The van der Waals surface area contributed by atoms with E-state index in [4.69, 9.17) is 16.3 Å². The number of benzene rings is 2. The molecule has 1 aliphatic heterocycles. The van der Waals surface area contributed by atoms with Crippen molar-refractivity contribution >= 4 is 39.3 Å². The van der Waals surface area contributed by atoms with Crippen molar-refractivity contribution in [3.05, 3.63) is 65.2 Å². The van der Waals surface area contributed by atoms with Crippen molar-refractivity contribution in [2.45, 2.75) is 4.90 Å². The molecule has 0 saturated carbocycles. The summed E-state index contributed by atoms with van der Waals surface area (Å²) in [5, 5.41) is 3.31. The zero-order valence-corrected chi connectivity index (χ0v) is 16.0. The number of rotatable bonds is 5. The molecule has 0 radical (unpaired) electrons. The van der Waals surface area contributed by atoms with Crippen LogP contribution in [0.25, 0.3) is 6.08 Å². The molecule has 0 bridgehead atoms. The van der Waals surface area contributed by atoms with Gasteiger partial charge in [-0.05, 0) is 48.0 Å². The number of hydrogen-bond donors (Lipinski definition) is 1. The number of sulfonamides is 1. The van der Waals surface area contributed by atoms with Crippen LogP contribution < -0.4 is 5.32 Å². The van der Waals surface area contributed by atoms with Crippen LogP contribution in [-0.4, -0.2) is 44.9 Å². The molecule has 1 aliphatic rings. The third kappa shape index (κ3) is 5.17. The molecule has 142 valence electrons. The first-order valence-corrected chi connectivity index (χ1v) is 10.2. The van der Waals surface area contributed by atoms with Crippen molar-refractivity contribution < 1.29 is 17.9 Å². The molecular weight excluding hydrogens is 388 g/mol. The zero-order chi connectivity index (χ0) is 19.3. The Bertz CT molecular complexity index is 919. The van der Waals surface area contributed by atoms with Gasteiger partial charge in [-0.2, -0.15) is 4.31 Å². The van der Waals surface area contributed by atoms with Gasteiger partial charge in [-0.15, -0.1) is 0 Å². The van der Waals surface area contributed by atoms with Gasteiger partial charge in [0, 0.05) is 29.9 Å². The van der Waals surface area contributed by atoms with E-state index in [-0.39, 0.29) is 10.8 Å². The van der Waals surface area contributed by atoms with E-state index in [1.807, 2.05) is 0 Å². The summed E-state index contributed by atoms with van der Waals surface area (Å²) in [5.41, 5.74) is 1.36. The Balaban J connectivity index is 1.63. The van der Waals surface area contributed by atoms with Gasteiger partial charge in [0.05, 0.1) is 18.1 Å². The SMILES string of the molecule is O=C(/C=C/c1ccc(S(=O)(=O)N2CCOCC2)cc1)Nc1ccc(Cl)cc1. The van der Waals surface area contributed by atoms with Crippen LogP contribution in [0.5, 0.6) is 0 Å². The minimum absolute atomic E-state index is 0.229. The largest absolute Gasteiger partial charge is 0.379 e. The van der Waals surface area contributed by atoms with Crippen LogP contribution in [0, 0.1) is 0 Å². The van der Waals surface area contributed by atoms with Gasteiger partial charge >= 0.3 is 0 Å². The first-order chi connectivity index (χ1) is 12.9. The summed E-state index contributed by atoms with van der Waals surface area (Å²) >= 11 is 5.81. The van der Waals surface area contributed by atoms with Crippen molar-refractivity contribution in [2.75, 3.05) is 31.6 Å². The molecular formula is C19H19ClN2O4S. The first-order valence-electron chi connectivity index (χ1n) is 8.38. The minimum Gasteiger partial charge on any atom is -0.379 e. The molecule has 27 heavy (non-hydrogen) atoms. The average molecular weight is 407 g/mol. The standard InChI is InChI=1S/C19H19ClN2O4S/c20-16-4-6-17(7-5-16)21-19(23)10-3-15-1-8-18(9-2-15)27(24,25)22-11-13-26-14-12-22/h1-10H,11-14H2,(H,21,23)/b10-3+. The lowest BCUT2D eigenvalue weighted by atomic mass is 10.2. The maximum Gasteiger partial charge on any atom is 0.248 e. The number of anilines is 1. The number of halogens is 1. The summed E-state index contributed by atoms with van der Waals surface area (Å²) in [5.74, 6) is -0.290. The predicted octanol–water partition coefficient (Wildman–Crippen LogP) is 3.01. The van der Waals surface area contributed by atoms with Crippen molar-refractivity contribution in [1.29, 1.82) is 0 Å². The van der Waals surface area contributed by atoms with Gasteiger partial charge < -0.3 is 10.1 Å². The summed E-state index contributed by atoms with van der Waals surface area (Å²) in [6.07, 6.45) is 3.01. The van der Waals surface area contributed by atoms with Crippen LogP contribution in [-0.2, 0) is 19.6 Å². The molecule has 1 saturated heterocycles. The van der Waals surface area contributed by atoms with Gasteiger partial charge in [0.15, 0.2) is 0 Å². The van der Waals surface area contributed by atoms with Crippen molar-refractivity contribution in [1.82, 2.24) is 4.31 Å². The van der Waals surface area contributed by atoms with E-state index in [0.29, 0.717) is 37.0 Å². The summed E-state index contributed by atoms with van der Waals surface area (Å²) < 4.78 is 31.8. The summed E-state index contributed by atoms with van der Waals surface area (Å²) in [4.78, 5) is 12.2. The third-order valence-corrected chi connectivity index (χ3v) is 6.19. The van der Waals surface area contributed by atoms with Gasteiger partial charge in [-0.3, -0.25) is 4.79 Å². The summed E-state index contributed by atoms with van der Waals surface area (Å²) in [6.45, 7) is 1.52. The predicted molar refractivity (Wildman–Crippen MR) is 105 cm³/mol. The van der Waals surface area contributed by atoms with Crippen LogP contribution in [0.1, 0.15) is 5.56 Å². The highest BCUT2D eigenvalue weighted by molar-refractivity contribution is 7.89. The van der Waals surface area contributed by atoms with Gasteiger partial charge in [0.2, 0.25) is 15.9 Å². The molecule has 6 nitrogen and oxygen atoms in total. The number of carbonyl (C=O) groups excluding carboxylic acids is 1. The van der Waals surface area contributed by atoms with E-state index in [2.05, 4.69) is 5.32 Å². The first kappa shape index (κ1) is 19.6. The second kappa shape index (κ2) is 8.67. The van der Waals surface area contributed by atoms with Crippen molar-refractivity contribution in [2.24, 2.45) is 0 Å². The molecule has 2 aromatic rings. The summed E-state index contributed by atoms with van der Waals surface area (Å²) in [6, 6.07) is 13.2. The molecule has 0 aromatic heterocycles. The third-order valence-electron chi connectivity index (χ3n) is 4.03. The fourth-order valence-electron chi connectivity index (χ4n) is 2.58. The average Bonchev–Trinajstić information content (AvgIpc) is 2.69. The number of hydrogen-bond acceptors (Lipinski definition) is 4. The van der Waals surface area contributed by atoms with E-state index in [1.54, 1.807) is 54.6 Å². The zero-order valence-electron chi connectivity index (χ0n) is 14.5. The number of nitrogens with one attached hydrogen (secondary N) is 1. The number of amides is 1. The van der Waals surface area contributed by atoms with Gasteiger partial charge in [-0.25, -0.2) is 8.42 Å². The molecule has 1 heterocycles. The molecule has 0 unspecified atom stereocenters. The maximum absolute atomic E-state index is 12.6. The molecule has 0 aliphatic carbocycles. The Morgan fingerprint density at radius 2 is 1.67 bits per heavy atom. The number of carbonyl (C=O) groups is 1. The minimum atomic E-state index is -3.52. The molecule has 3 rings (SSSR count). The number of nitrogens with zero attached hydrogens (tertiary/aromatic N) is 1. The Labute approximate surface area is 163 Å². The van der Waals surface area contributed by atoms with Crippen molar-refractivity contribution in [3.8, 4) is 0 Å². The fourth-order valence-corrected chi connectivity index (χ4v) is 4.11. The molecule has 1 amide bonds. The molecule has 0 atom stereocenters. The van der Waals surface area contributed by atoms with E-state index in [1.165, 1.54) is 10.4 Å². The van der Waals surface area contributed by atoms with Gasteiger partial charge in [0.1, 0.15) is 0 Å². The Hall–Kier alpha value is -2.19. The van der Waals surface area contributed by atoms with E-state index in [9.17, 15) is 13.2 Å². The molecule has 2 aromatic carbocycles.